The summed E-state index contributed by atoms with van der Waals surface area (Å²) in [6.07, 6.45) is 2.15. The van der Waals surface area contributed by atoms with Crippen molar-refractivity contribution in [3.8, 4) is 0 Å². The van der Waals surface area contributed by atoms with Crippen LogP contribution in [-0.2, 0) is 24.5 Å². The smallest absolute Gasteiger partial charge is 0.356 e. The summed E-state index contributed by atoms with van der Waals surface area (Å²) in [5.41, 5.74) is -1.75. The highest BCUT2D eigenvalue weighted by molar-refractivity contribution is 6.45. The molecule has 9 nitrogen and oxygen atoms in total. The second-order valence-electron chi connectivity index (χ2n) is 5.30. The lowest BCUT2D eigenvalue weighted by molar-refractivity contribution is -0.153. The lowest BCUT2D eigenvalue weighted by Gasteiger charge is -2.39. The van der Waals surface area contributed by atoms with Crippen LogP contribution in [0, 0.1) is 0 Å². The number of H-pyrrole nitrogens is 1. The molecule has 1 spiro atoms. The van der Waals surface area contributed by atoms with Gasteiger partial charge in [-0.25, -0.2) is 9.89 Å². The zero-order valence-electron chi connectivity index (χ0n) is 12.8. The van der Waals surface area contributed by atoms with E-state index in [1.165, 1.54) is 11.2 Å². The molecule has 1 N–H and O–H groups in total. The van der Waals surface area contributed by atoms with Gasteiger partial charge in [-0.2, -0.15) is 10.2 Å². The zero-order chi connectivity index (χ0) is 16.6. The van der Waals surface area contributed by atoms with E-state index in [2.05, 4.69) is 15.3 Å². The molecule has 1 saturated heterocycles. The van der Waals surface area contributed by atoms with Crippen LogP contribution in [0.5, 0.6) is 0 Å². The molecular formula is C14H16N4O5. The van der Waals surface area contributed by atoms with Crippen LogP contribution in [0.25, 0.3) is 0 Å². The summed E-state index contributed by atoms with van der Waals surface area (Å²) >= 11 is 0. The maximum Gasteiger partial charge on any atom is 0.356 e. The maximum atomic E-state index is 12.6. The van der Waals surface area contributed by atoms with Crippen molar-refractivity contribution in [2.24, 2.45) is 5.10 Å². The molecular weight excluding hydrogens is 304 g/mol. The molecule has 2 aliphatic rings. The Kier molecular flexibility index (Phi) is 3.63. The number of esters is 2. The molecule has 0 amide bonds. The van der Waals surface area contributed by atoms with E-state index >= 15 is 0 Å². The van der Waals surface area contributed by atoms with Gasteiger partial charge in [0.1, 0.15) is 0 Å². The van der Waals surface area contributed by atoms with Gasteiger partial charge in [0.2, 0.25) is 0 Å². The topological polar surface area (TPSA) is 114 Å². The monoisotopic (exact) mass is 320 g/mol. The number of anilines is 1. The van der Waals surface area contributed by atoms with Gasteiger partial charge in [0, 0.05) is 7.05 Å². The Balaban J connectivity index is 2.29. The van der Waals surface area contributed by atoms with Crippen LogP contribution in [0.3, 0.4) is 0 Å². The second-order valence-corrected chi connectivity index (χ2v) is 5.30. The number of nitrogens with zero attached hydrogens (tertiary/aromatic N) is 3. The highest BCUT2D eigenvalue weighted by atomic mass is 16.5. The van der Waals surface area contributed by atoms with Crippen molar-refractivity contribution in [3.05, 3.63) is 22.1 Å². The lowest BCUT2D eigenvalue weighted by Crippen LogP contribution is -2.56. The summed E-state index contributed by atoms with van der Waals surface area (Å²) in [5.74, 6) is -1.40. The van der Waals surface area contributed by atoms with Crippen LogP contribution in [0.15, 0.2) is 16.1 Å². The molecule has 1 atom stereocenters. The average Bonchev–Trinajstić information content (AvgIpc) is 2.53. The number of hydrogen-bond donors (Lipinski definition) is 1. The minimum atomic E-state index is -1.55. The molecule has 1 fully saturated rings. The third-order valence-corrected chi connectivity index (χ3v) is 4.01. The van der Waals surface area contributed by atoms with Gasteiger partial charge in [-0.15, -0.1) is 0 Å². The lowest BCUT2D eigenvalue weighted by atomic mass is 9.70. The highest BCUT2D eigenvalue weighted by Gasteiger charge is 2.56. The van der Waals surface area contributed by atoms with E-state index in [1.54, 1.807) is 14.0 Å². The van der Waals surface area contributed by atoms with Gasteiger partial charge in [0.05, 0.1) is 30.7 Å². The van der Waals surface area contributed by atoms with E-state index in [0.717, 1.165) is 0 Å². The minimum absolute atomic E-state index is 0.123. The number of ether oxygens (including phenoxy) is 2. The molecule has 23 heavy (non-hydrogen) atoms. The third-order valence-electron chi connectivity index (χ3n) is 4.01. The van der Waals surface area contributed by atoms with Crippen molar-refractivity contribution in [2.45, 2.75) is 25.2 Å². The van der Waals surface area contributed by atoms with E-state index in [-0.39, 0.29) is 30.9 Å². The molecule has 0 radical (unpaired) electrons. The summed E-state index contributed by atoms with van der Waals surface area (Å²) in [5, 5.41) is 11.6. The van der Waals surface area contributed by atoms with Crippen molar-refractivity contribution >= 4 is 23.3 Å². The molecule has 9 heteroatoms. The summed E-state index contributed by atoms with van der Waals surface area (Å²) in [7, 11) is 1.57. The molecule has 3 heterocycles. The van der Waals surface area contributed by atoms with E-state index in [9.17, 15) is 14.4 Å². The summed E-state index contributed by atoms with van der Waals surface area (Å²) in [6.45, 7) is 2.03. The first kappa shape index (κ1) is 15.2. The van der Waals surface area contributed by atoms with Crippen molar-refractivity contribution in [3.63, 3.8) is 0 Å². The first-order chi connectivity index (χ1) is 11.0. The number of hydrogen-bond acceptors (Lipinski definition) is 8. The molecule has 1 unspecified atom stereocenters. The third kappa shape index (κ3) is 2.11. The quantitative estimate of drug-likeness (QED) is 0.745. The predicted molar refractivity (Wildman–Crippen MR) is 79.2 cm³/mol. The number of aromatic amines is 1. The van der Waals surface area contributed by atoms with Crippen molar-refractivity contribution in [1.82, 2.24) is 10.2 Å². The van der Waals surface area contributed by atoms with Crippen molar-refractivity contribution < 1.29 is 19.1 Å². The van der Waals surface area contributed by atoms with Crippen LogP contribution < -0.4 is 10.6 Å². The molecule has 1 aromatic heterocycles. The second kappa shape index (κ2) is 5.49. The first-order valence-corrected chi connectivity index (χ1v) is 7.27. The van der Waals surface area contributed by atoms with Crippen LogP contribution in [0.4, 0.5) is 5.69 Å². The van der Waals surface area contributed by atoms with E-state index < -0.39 is 22.9 Å². The fourth-order valence-electron chi connectivity index (χ4n) is 3.04. The Morgan fingerprint density at radius 2 is 2.30 bits per heavy atom. The van der Waals surface area contributed by atoms with E-state index in [1.807, 2.05) is 0 Å². The number of hydrazone groups is 1. The van der Waals surface area contributed by atoms with Gasteiger partial charge < -0.3 is 9.47 Å². The number of carbonyl (C=O) groups is 2. The standard InChI is InChI=1S/C14H16N4O5/c1-3-22-12(20)10-14(5-4-6-23-13(14)21)9-8(18(2)17-10)7-15-16-11(9)19/h7H,3-6H2,1-2H3,(H,16,19). The Morgan fingerprint density at radius 1 is 1.52 bits per heavy atom. The maximum absolute atomic E-state index is 12.6. The Labute approximate surface area is 131 Å². The average molecular weight is 320 g/mol. The van der Waals surface area contributed by atoms with Gasteiger partial charge in [-0.3, -0.25) is 14.6 Å². The summed E-state index contributed by atoms with van der Waals surface area (Å²) in [4.78, 5) is 37.4. The number of carbonyl (C=O) groups excluding carboxylic acids is 2. The van der Waals surface area contributed by atoms with Crippen LogP contribution >= 0.6 is 0 Å². The van der Waals surface area contributed by atoms with E-state index in [0.29, 0.717) is 12.1 Å². The first-order valence-electron chi connectivity index (χ1n) is 7.27. The molecule has 0 bridgehead atoms. The van der Waals surface area contributed by atoms with Gasteiger partial charge in [0.25, 0.3) is 5.56 Å². The van der Waals surface area contributed by atoms with Crippen LogP contribution in [0.1, 0.15) is 25.3 Å². The van der Waals surface area contributed by atoms with Crippen LogP contribution in [0.2, 0.25) is 0 Å². The molecule has 1 aromatic rings. The molecule has 0 aliphatic carbocycles. The highest BCUT2D eigenvalue weighted by Crippen LogP contribution is 2.41. The number of nitrogens with one attached hydrogen (secondary N) is 1. The van der Waals surface area contributed by atoms with E-state index in [4.69, 9.17) is 9.47 Å². The number of cyclic esters (lactones) is 1. The molecule has 0 saturated carbocycles. The van der Waals surface area contributed by atoms with Gasteiger partial charge >= 0.3 is 11.9 Å². The SMILES string of the molecule is CCOC(=O)C1=NN(C)c2cn[nH]c(=O)c2C12CCCOC2=O. The fourth-order valence-corrected chi connectivity index (χ4v) is 3.04. The Morgan fingerprint density at radius 3 is 3.00 bits per heavy atom. The van der Waals surface area contributed by atoms with Crippen molar-refractivity contribution in [2.75, 3.05) is 25.3 Å². The largest absolute Gasteiger partial charge is 0.465 e. The Bertz CT molecular complexity index is 756. The summed E-state index contributed by atoms with van der Waals surface area (Å²) < 4.78 is 10.2. The molecule has 0 aromatic carbocycles. The van der Waals surface area contributed by atoms with Gasteiger partial charge in [-0.05, 0) is 19.8 Å². The van der Waals surface area contributed by atoms with Gasteiger partial charge in [-0.1, -0.05) is 0 Å². The normalized spacial score (nSPS) is 23.1. The number of aromatic nitrogens is 2. The van der Waals surface area contributed by atoms with Crippen molar-refractivity contribution in [1.29, 1.82) is 0 Å². The minimum Gasteiger partial charge on any atom is -0.465 e. The number of fused-ring (bicyclic) bond motifs is 2. The molecule has 3 rings (SSSR count). The summed E-state index contributed by atoms with van der Waals surface area (Å²) in [6, 6.07) is 0. The fraction of sp³-hybridized carbons (Fsp3) is 0.500. The zero-order valence-corrected chi connectivity index (χ0v) is 12.8. The molecule has 2 aliphatic heterocycles. The van der Waals surface area contributed by atoms with Crippen LogP contribution in [-0.4, -0.2) is 48.1 Å². The molecule has 122 valence electrons. The number of rotatable bonds is 2. The Hall–Kier alpha value is -2.71. The predicted octanol–water partition coefficient (Wildman–Crippen LogP) is -0.286. The van der Waals surface area contributed by atoms with Gasteiger partial charge in [0.15, 0.2) is 11.1 Å².